The fraction of sp³-hybridized carbons (Fsp3) is 0.308. The lowest BCUT2D eigenvalue weighted by atomic mass is 10.0. The van der Waals surface area contributed by atoms with E-state index in [-0.39, 0.29) is 6.04 Å². The summed E-state index contributed by atoms with van der Waals surface area (Å²) in [5.41, 5.74) is 2.09. The van der Waals surface area contributed by atoms with Gasteiger partial charge in [-0.15, -0.1) is 0 Å². The normalized spacial score (nSPS) is 12.5. The summed E-state index contributed by atoms with van der Waals surface area (Å²) in [5, 5.41) is 8.27. The minimum Gasteiger partial charge on any atom is -0.493 e. The average Bonchev–Trinajstić information content (AvgIpc) is 2.76. The number of nitrogens with zero attached hydrogens (tertiary/aromatic N) is 2. The van der Waals surface area contributed by atoms with Gasteiger partial charge in [-0.05, 0) is 53.4 Å². The maximum absolute atomic E-state index is 6.11. The molecule has 0 saturated heterocycles. The number of hydrogen-bond acceptors (Lipinski definition) is 3. The second-order valence-corrected chi connectivity index (χ2v) is 5.71. The van der Waals surface area contributed by atoms with E-state index in [0.29, 0.717) is 0 Å². The molecular formula is C13H15ClIN3O. The number of rotatable bonds is 4. The van der Waals surface area contributed by atoms with Crippen LogP contribution in [0.1, 0.15) is 17.3 Å². The number of aromatic nitrogens is 2. The highest BCUT2D eigenvalue weighted by atomic mass is 127. The molecule has 1 heterocycles. The van der Waals surface area contributed by atoms with E-state index < -0.39 is 0 Å². The van der Waals surface area contributed by atoms with Crippen LogP contribution in [0.5, 0.6) is 5.75 Å². The lowest BCUT2D eigenvalue weighted by Crippen LogP contribution is -2.22. The molecule has 0 aliphatic heterocycles. The molecule has 102 valence electrons. The maximum Gasteiger partial charge on any atom is 0.161 e. The molecule has 0 radical (unpaired) electrons. The summed E-state index contributed by atoms with van der Waals surface area (Å²) in [4.78, 5) is 0. The minimum absolute atomic E-state index is 0.0203. The third-order valence-corrected chi connectivity index (χ3v) is 4.22. The van der Waals surface area contributed by atoms with E-state index in [1.54, 1.807) is 13.3 Å². The zero-order valence-corrected chi connectivity index (χ0v) is 13.9. The molecule has 0 amide bonds. The molecule has 1 unspecified atom stereocenters. The van der Waals surface area contributed by atoms with Crippen LogP contribution >= 0.6 is 34.2 Å². The fourth-order valence-electron chi connectivity index (χ4n) is 2.09. The Morgan fingerprint density at radius 1 is 1.47 bits per heavy atom. The smallest absolute Gasteiger partial charge is 0.161 e. The lowest BCUT2D eigenvalue weighted by Gasteiger charge is -2.20. The molecule has 0 bridgehead atoms. The Hall–Kier alpha value is -0.790. The quantitative estimate of drug-likeness (QED) is 0.815. The number of ether oxygens (including phenoxy) is 1. The molecule has 0 fully saturated rings. The van der Waals surface area contributed by atoms with E-state index >= 15 is 0 Å². The maximum atomic E-state index is 6.11. The largest absolute Gasteiger partial charge is 0.493 e. The predicted molar refractivity (Wildman–Crippen MR) is 84.8 cm³/mol. The summed E-state index contributed by atoms with van der Waals surface area (Å²) in [7, 11) is 5.46. The first-order valence-corrected chi connectivity index (χ1v) is 7.22. The first kappa shape index (κ1) is 14.6. The van der Waals surface area contributed by atoms with E-state index in [1.807, 2.05) is 37.0 Å². The topological polar surface area (TPSA) is 39.1 Å². The fourth-order valence-corrected chi connectivity index (χ4v) is 2.92. The molecule has 0 aliphatic carbocycles. The number of hydrogen-bond donors (Lipinski definition) is 1. The molecule has 1 aromatic carbocycles. The third-order valence-electron chi connectivity index (χ3n) is 3.00. The first-order valence-electron chi connectivity index (χ1n) is 5.76. The first-order chi connectivity index (χ1) is 9.08. The number of nitrogens with one attached hydrogen (secondary N) is 1. The van der Waals surface area contributed by atoms with Crippen LogP contribution in [0.2, 0.25) is 5.02 Å². The van der Waals surface area contributed by atoms with Crippen LogP contribution in [0.25, 0.3) is 0 Å². The molecule has 6 heteroatoms. The lowest BCUT2D eigenvalue weighted by molar-refractivity contribution is 0.402. The Kier molecular flexibility index (Phi) is 4.70. The second-order valence-electron chi connectivity index (χ2n) is 4.11. The monoisotopic (exact) mass is 391 g/mol. The van der Waals surface area contributed by atoms with Gasteiger partial charge in [0.2, 0.25) is 0 Å². The van der Waals surface area contributed by atoms with Crippen molar-refractivity contribution < 1.29 is 4.74 Å². The van der Waals surface area contributed by atoms with Gasteiger partial charge >= 0.3 is 0 Å². The number of benzene rings is 1. The zero-order chi connectivity index (χ0) is 14.0. The SMILES string of the molecule is CNC(c1cc(Cl)ccc1I)c1c(OC)cnn1C. The zero-order valence-electron chi connectivity index (χ0n) is 10.9. The Bertz CT molecular complexity index is 585. The Morgan fingerprint density at radius 3 is 2.84 bits per heavy atom. The van der Waals surface area contributed by atoms with Crippen molar-refractivity contribution in [2.45, 2.75) is 6.04 Å². The molecule has 0 saturated carbocycles. The molecule has 0 spiro atoms. The number of halogens is 2. The Balaban J connectivity index is 2.56. The number of methoxy groups -OCH3 is 1. The van der Waals surface area contributed by atoms with Crippen molar-refractivity contribution in [3.63, 3.8) is 0 Å². The standard InChI is InChI=1S/C13H15ClIN3O/c1-16-12(9-6-8(14)4-5-10(9)15)13-11(19-3)7-17-18(13)2/h4-7,12,16H,1-3H3. The van der Waals surface area contributed by atoms with Crippen LogP contribution in [-0.4, -0.2) is 23.9 Å². The molecule has 19 heavy (non-hydrogen) atoms. The van der Waals surface area contributed by atoms with Crippen LogP contribution in [0.4, 0.5) is 0 Å². The Morgan fingerprint density at radius 2 is 2.21 bits per heavy atom. The van der Waals surface area contributed by atoms with Gasteiger partial charge in [0.1, 0.15) is 5.69 Å². The van der Waals surface area contributed by atoms with Crippen molar-refractivity contribution >= 4 is 34.2 Å². The molecule has 1 atom stereocenters. The molecule has 1 aromatic heterocycles. The van der Waals surface area contributed by atoms with E-state index in [0.717, 1.165) is 25.6 Å². The summed E-state index contributed by atoms with van der Waals surface area (Å²) < 4.78 is 8.34. The molecule has 2 aromatic rings. The van der Waals surface area contributed by atoms with Gasteiger partial charge in [0, 0.05) is 15.6 Å². The predicted octanol–water partition coefficient (Wildman–Crippen LogP) is 3.00. The van der Waals surface area contributed by atoms with Gasteiger partial charge in [-0.1, -0.05) is 11.6 Å². The average molecular weight is 392 g/mol. The molecule has 2 rings (SSSR count). The molecule has 4 nitrogen and oxygen atoms in total. The summed E-state index contributed by atoms with van der Waals surface area (Å²) in [5.74, 6) is 0.762. The third kappa shape index (κ3) is 2.88. The van der Waals surface area contributed by atoms with Crippen molar-refractivity contribution in [1.29, 1.82) is 0 Å². The van der Waals surface area contributed by atoms with Gasteiger partial charge in [0.15, 0.2) is 5.75 Å². The minimum atomic E-state index is -0.0203. The summed E-state index contributed by atoms with van der Waals surface area (Å²) in [6.45, 7) is 0. The van der Waals surface area contributed by atoms with Crippen LogP contribution in [0.15, 0.2) is 24.4 Å². The molecule has 0 aliphatic rings. The highest BCUT2D eigenvalue weighted by molar-refractivity contribution is 14.1. The van der Waals surface area contributed by atoms with E-state index in [4.69, 9.17) is 16.3 Å². The Labute approximate surface area is 131 Å². The van der Waals surface area contributed by atoms with Crippen LogP contribution in [0.3, 0.4) is 0 Å². The van der Waals surface area contributed by atoms with Crippen LogP contribution in [-0.2, 0) is 7.05 Å². The van der Waals surface area contributed by atoms with Crippen molar-refractivity contribution in [3.8, 4) is 5.75 Å². The van der Waals surface area contributed by atoms with Crippen molar-refractivity contribution in [3.05, 3.63) is 44.2 Å². The van der Waals surface area contributed by atoms with E-state index in [1.165, 1.54) is 0 Å². The van der Waals surface area contributed by atoms with Gasteiger partial charge in [0.05, 0.1) is 19.3 Å². The van der Waals surface area contributed by atoms with Crippen LogP contribution in [0, 0.1) is 3.57 Å². The van der Waals surface area contributed by atoms with Gasteiger partial charge in [0.25, 0.3) is 0 Å². The molecular weight excluding hydrogens is 377 g/mol. The van der Waals surface area contributed by atoms with E-state index in [9.17, 15) is 0 Å². The van der Waals surface area contributed by atoms with E-state index in [2.05, 4.69) is 33.0 Å². The van der Waals surface area contributed by atoms with Gasteiger partial charge in [-0.3, -0.25) is 4.68 Å². The number of aryl methyl sites for hydroxylation is 1. The van der Waals surface area contributed by atoms with Gasteiger partial charge in [-0.25, -0.2) is 0 Å². The second kappa shape index (κ2) is 6.11. The highest BCUT2D eigenvalue weighted by Gasteiger charge is 2.23. The molecule has 1 N–H and O–H groups in total. The van der Waals surface area contributed by atoms with Crippen LogP contribution < -0.4 is 10.1 Å². The van der Waals surface area contributed by atoms with Gasteiger partial charge in [-0.2, -0.15) is 5.10 Å². The summed E-state index contributed by atoms with van der Waals surface area (Å²) in [6.07, 6.45) is 1.72. The summed E-state index contributed by atoms with van der Waals surface area (Å²) in [6, 6.07) is 5.84. The van der Waals surface area contributed by atoms with Crippen molar-refractivity contribution in [2.24, 2.45) is 7.05 Å². The summed E-state index contributed by atoms with van der Waals surface area (Å²) >= 11 is 8.41. The van der Waals surface area contributed by atoms with Crippen molar-refractivity contribution in [2.75, 3.05) is 14.2 Å². The van der Waals surface area contributed by atoms with Crippen molar-refractivity contribution in [1.82, 2.24) is 15.1 Å². The van der Waals surface area contributed by atoms with Gasteiger partial charge < -0.3 is 10.1 Å². The highest BCUT2D eigenvalue weighted by Crippen LogP contribution is 2.32.